The first-order chi connectivity index (χ1) is 5.70. The Bertz CT molecular complexity index is 254. The quantitative estimate of drug-likeness (QED) is 0.471. The predicted molar refractivity (Wildman–Crippen MR) is 55.5 cm³/mol. The molecule has 0 aliphatic heterocycles. The number of hydrogen-bond donors (Lipinski definition) is 1. The van der Waals surface area contributed by atoms with Gasteiger partial charge in [0.25, 0.3) is 0 Å². The van der Waals surface area contributed by atoms with Gasteiger partial charge in [-0.3, -0.25) is 0 Å². The summed E-state index contributed by atoms with van der Waals surface area (Å²) in [5.74, 6) is 0. The van der Waals surface area contributed by atoms with Crippen LogP contribution in [0.5, 0.6) is 0 Å². The number of nitrogens with one attached hydrogen (secondary N) is 1. The molecule has 0 aliphatic rings. The molecule has 0 saturated heterocycles. The van der Waals surface area contributed by atoms with E-state index in [0.29, 0.717) is 0 Å². The Morgan fingerprint density at radius 1 is 1.00 bits per heavy atom. The van der Waals surface area contributed by atoms with Gasteiger partial charge in [0.1, 0.15) is 0 Å². The van der Waals surface area contributed by atoms with Gasteiger partial charge in [0.15, 0.2) is 0 Å². The highest BCUT2D eigenvalue weighted by atomic mass is 14.3. The molecule has 0 heterocycles. The van der Waals surface area contributed by atoms with Crippen LogP contribution >= 0.6 is 0 Å². The Kier molecular flexibility index (Phi) is 5.28. The minimum Gasteiger partial charge on any atom is -0.309 e. The van der Waals surface area contributed by atoms with E-state index in [0.717, 1.165) is 11.1 Å². The topological polar surface area (TPSA) is 23.9 Å². The van der Waals surface area contributed by atoms with Crippen molar-refractivity contribution < 1.29 is 0 Å². The molecule has 0 rings (SSSR count). The van der Waals surface area contributed by atoms with E-state index < -0.39 is 0 Å². The molecule has 0 atom stereocenters. The SMILES string of the molecule is C=CC(=C)/C=C\C(=C)/C=C\C=N. The predicted octanol–water partition coefficient (Wildman–Crippen LogP) is 3.05. The van der Waals surface area contributed by atoms with Crippen molar-refractivity contribution in [2.75, 3.05) is 0 Å². The zero-order chi connectivity index (χ0) is 9.40. The fraction of sp³-hybridized carbons (Fsp3) is 0. The van der Waals surface area contributed by atoms with E-state index in [2.05, 4.69) is 19.7 Å². The molecular formula is C11H13N. The third-order valence-corrected chi connectivity index (χ3v) is 1.18. The van der Waals surface area contributed by atoms with Crippen molar-refractivity contribution in [1.82, 2.24) is 0 Å². The van der Waals surface area contributed by atoms with Crippen LogP contribution in [-0.2, 0) is 0 Å². The smallest absolute Gasteiger partial charge is 0.0177 e. The van der Waals surface area contributed by atoms with Crippen molar-refractivity contribution in [2.24, 2.45) is 0 Å². The van der Waals surface area contributed by atoms with E-state index >= 15 is 0 Å². The molecule has 62 valence electrons. The lowest BCUT2D eigenvalue weighted by atomic mass is 10.2. The minimum atomic E-state index is 0.835. The van der Waals surface area contributed by atoms with E-state index in [1.165, 1.54) is 6.21 Å². The largest absolute Gasteiger partial charge is 0.309 e. The standard InChI is InChI=1S/C11H13N/c1-4-10(2)7-8-11(3)6-5-9-12/h4-9,12H,1-3H2/b6-5-,8-7-,12-9?. The molecule has 0 bridgehead atoms. The Hall–Kier alpha value is -1.63. The van der Waals surface area contributed by atoms with Crippen molar-refractivity contribution in [3.05, 3.63) is 61.3 Å². The summed E-state index contributed by atoms with van der Waals surface area (Å²) >= 11 is 0. The second-order valence-corrected chi connectivity index (χ2v) is 2.21. The summed E-state index contributed by atoms with van der Waals surface area (Å²) < 4.78 is 0. The molecule has 0 spiro atoms. The Balaban J connectivity index is 4.08. The van der Waals surface area contributed by atoms with E-state index in [-0.39, 0.29) is 0 Å². The lowest BCUT2D eigenvalue weighted by molar-refractivity contribution is 1.57. The molecule has 0 radical (unpaired) electrons. The summed E-state index contributed by atoms with van der Waals surface area (Å²) in [5.41, 5.74) is 1.68. The van der Waals surface area contributed by atoms with Crippen LogP contribution in [0.3, 0.4) is 0 Å². The molecule has 12 heavy (non-hydrogen) atoms. The second kappa shape index (κ2) is 6.10. The van der Waals surface area contributed by atoms with Gasteiger partial charge in [-0.1, -0.05) is 44.0 Å². The third-order valence-electron chi connectivity index (χ3n) is 1.18. The van der Waals surface area contributed by atoms with Gasteiger partial charge in [0, 0.05) is 6.21 Å². The second-order valence-electron chi connectivity index (χ2n) is 2.21. The molecule has 0 aromatic heterocycles. The summed E-state index contributed by atoms with van der Waals surface area (Å²) in [5, 5.41) is 6.74. The van der Waals surface area contributed by atoms with Gasteiger partial charge in [-0.15, -0.1) is 0 Å². The van der Waals surface area contributed by atoms with Crippen LogP contribution in [0.1, 0.15) is 0 Å². The summed E-state index contributed by atoms with van der Waals surface area (Å²) in [7, 11) is 0. The van der Waals surface area contributed by atoms with Crippen LogP contribution in [-0.4, -0.2) is 6.21 Å². The van der Waals surface area contributed by atoms with Gasteiger partial charge in [-0.05, 0) is 17.2 Å². The van der Waals surface area contributed by atoms with Crippen LogP contribution in [0.2, 0.25) is 0 Å². The van der Waals surface area contributed by atoms with E-state index in [1.807, 2.05) is 12.2 Å². The molecule has 1 N–H and O–H groups in total. The van der Waals surface area contributed by atoms with Crippen LogP contribution in [0.4, 0.5) is 0 Å². The Labute approximate surface area is 73.6 Å². The maximum absolute atomic E-state index is 6.74. The Morgan fingerprint density at radius 3 is 2.08 bits per heavy atom. The monoisotopic (exact) mass is 159 g/mol. The van der Waals surface area contributed by atoms with Gasteiger partial charge in [-0.25, -0.2) is 0 Å². The third kappa shape index (κ3) is 5.18. The maximum Gasteiger partial charge on any atom is 0.0177 e. The summed E-state index contributed by atoms with van der Waals surface area (Å²) in [4.78, 5) is 0. The average Bonchev–Trinajstić information content (AvgIpc) is 2.10. The van der Waals surface area contributed by atoms with Crippen molar-refractivity contribution in [1.29, 1.82) is 5.41 Å². The van der Waals surface area contributed by atoms with Gasteiger partial charge >= 0.3 is 0 Å². The molecular weight excluding hydrogens is 146 g/mol. The molecule has 0 fully saturated rings. The van der Waals surface area contributed by atoms with Crippen LogP contribution < -0.4 is 0 Å². The number of rotatable bonds is 5. The maximum atomic E-state index is 6.74. The highest BCUT2D eigenvalue weighted by Crippen LogP contribution is 1.99. The fourth-order valence-electron chi connectivity index (χ4n) is 0.509. The zero-order valence-corrected chi connectivity index (χ0v) is 7.09. The average molecular weight is 159 g/mol. The first-order valence-electron chi connectivity index (χ1n) is 3.56. The minimum absolute atomic E-state index is 0.835. The van der Waals surface area contributed by atoms with Crippen molar-refractivity contribution in [3.8, 4) is 0 Å². The van der Waals surface area contributed by atoms with Gasteiger partial charge in [-0.2, -0.15) is 0 Å². The number of hydrogen-bond acceptors (Lipinski definition) is 1. The van der Waals surface area contributed by atoms with Crippen LogP contribution in [0, 0.1) is 5.41 Å². The van der Waals surface area contributed by atoms with Crippen molar-refractivity contribution in [2.45, 2.75) is 0 Å². The first kappa shape index (κ1) is 10.4. The fourth-order valence-corrected chi connectivity index (χ4v) is 0.509. The van der Waals surface area contributed by atoms with Crippen molar-refractivity contribution in [3.63, 3.8) is 0 Å². The van der Waals surface area contributed by atoms with Gasteiger partial charge < -0.3 is 5.41 Å². The summed E-state index contributed by atoms with van der Waals surface area (Å²) in [6, 6.07) is 0. The normalized spacial score (nSPS) is 10.3. The molecule has 0 amide bonds. The van der Waals surface area contributed by atoms with Crippen molar-refractivity contribution >= 4 is 6.21 Å². The lowest BCUT2D eigenvalue weighted by Gasteiger charge is -1.88. The number of allylic oxidation sites excluding steroid dienone is 7. The molecule has 0 aromatic rings. The zero-order valence-electron chi connectivity index (χ0n) is 7.09. The summed E-state index contributed by atoms with van der Waals surface area (Å²) in [6.07, 6.45) is 9.89. The van der Waals surface area contributed by atoms with E-state index in [9.17, 15) is 0 Å². The van der Waals surface area contributed by atoms with Gasteiger partial charge in [0.2, 0.25) is 0 Å². The van der Waals surface area contributed by atoms with Crippen LogP contribution in [0.25, 0.3) is 0 Å². The molecule has 1 nitrogen and oxygen atoms in total. The first-order valence-corrected chi connectivity index (χ1v) is 3.56. The molecule has 0 unspecified atom stereocenters. The summed E-state index contributed by atoms with van der Waals surface area (Å²) in [6.45, 7) is 11.0. The van der Waals surface area contributed by atoms with E-state index in [4.69, 9.17) is 5.41 Å². The Morgan fingerprint density at radius 2 is 1.58 bits per heavy atom. The van der Waals surface area contributed by atoms with Gasteiger partial charge in [0.05, 0.1) is 0 Å². The lowest BCUT2D eigenvalue weighted by Crippen LogP contribution is -1.69. The van der Waals surface area contributed by atoms with Crippen LogP contribution in [0.15, 0.2) is 61.3 Å². The highest BCUT2D eigenvalue weighted by molar-refractivity contribution is 5.68. The van der Waals surface area contributed by atoms with E-state index in [1.54, 1.807) is 18.2 Å². The highest BCUT2D eigenvalue weighted by Gasteiger charge is 1.79. The molecule has 0 aliphatic carbocycles. The molecule has 1 heteroatoms. The molecule has 0 aromatic carbocycles. The molecule has 0 saturated carbocycles.